The Labute approximate surface area is 109 Å². The van der Waals surface area contributed by atoms with Crippen molar-refractivity contribution in [3.05, 3.63) is 15.8 Å². The highest BCUT2D eigenvalue weighted by molar-refractivity contribution is 5.75. The summed E-state index contributed by atoms with van der Waals surface area (Å²) < 4.78 is 1.39. The van der Waals surface area contributed by atoms with Crippen molar-refractivity contribution in [3.63, 3.8) is 0 Å². The molecule has 0 aliphatic heterocycles. The molecule has 0 saturated heterocycles. The standard InChI is InChI=1S/C11H16N4O4/c1-7-10(15(18)19)11(13(2)12-7)14(6-9(16)17)5-8-3-4-8/h8H,3-6H2,1-2H3,(H,16,17). The summed E-state index contributed by atoms with van der Waals surface area (Å²) in [6.07, 6.45) is 2.08. The maximum atomic E-state index is 11.1. The van der Waals surface area contributed by atoms with Crippen LogP contribution in [0.5, 0.6) is 0 Å². The van der Waals surface area contributed by atoms with Gasteiger partial charge in [-0.25, -0.2) is 4.68 Å². The lowest BCUT2D eigenvalue weighted by Gasteiger charge is -2.21. The molecule has 1 aromatic heterocycles. The molecule has 0 radical (unpaired) electrons. The maximum absolute atomic E-state index is 11.1. The number of hydrogen-bond acceptors (Lipinski definition) is 5. The highest BCUT2D eigenvalue weighted by Crippen LogP contribution is 2.35. The summed E-state index contributed by atoms with van der Waals surface area (Å²) in [6, 6.07) is 0. The van der Waals surface area contributed by atoms with Crippen molar-refractivity contribution in [1.29, 1.82) is 0 Å². The lowest BCUT2D eigenvalue weighted by molar-refractivity contribution is -0.384. The second-order valence-corrected chi connectivity index (χ2v) is 4.86. The molecular formula is C11H16N4O4. The highest BCUT2D eigenvalue weighted by Gasteiger charge is 2.33. The van der Waals surface area contributed by atoms with E-state index in [9.17, 15) is 14.9 Å². The number of aryl methyl sites for hydroxylation is 2. The number of rotatable bonds is 6. The molecule has 1 saturated carbocycles. The molecule has 0 atom stereocenters. The Morgan fingerprint density at radius 1 is 1.63 bits per heavy atom. The SMILES string of the molecule is Cc1nn(C)c(N(CC(=O)O)CC2CC2)c1[N+](=O)[O-]. The van der Waals surface area contributed by atoms with Crippen molar-refractivity contribution in [1.82, 2.24) is 9.78 Å². The van der Waals surface area contributed by atoms with Gasteiger partial charge in [0.2, 0.25) is 5.82 Å². The average Bonchev–Trinajstić information content (AvgIpc) is 3.01. The van der Waals surface area contributed by atoms with Crippen LogP contribution in [-0.2, 0) is 11.8 Å². The van der Waals surface area contributed by atoms with E-state index in [-0.39, 0.29) is 18.1 Å². The summed E-state index contributed by atoms with van der Waals surface area (Å²) in [5, 5.41) is 24.1. The van der Waals surface area contributed by atoms with Crippen LogP contribution in [-0.4, -0.2) is 38.9 Å². The molecule has 8 nitrogen and oxygen atoms in total. The smallest absolute Gasteiger partial charge is 0.333 e. The Hall–Kier alpha value is -2.12. The van der Waals surface area contributed by atoms with Crippen molar-refractivity contribution in [2.45, 2.75) is 19.8 Å². The molecule has 0 bridgehead atoms. The third-order valence-electron chi connectivity index (χ3n) is 3.14. The first-order valence-corrected chi connectivity index (χ1v) is 6.05. The first kappa shape index (κ1) is 13.3. The van der Waals surface area contributed by atoms with Crippen LogP contribution in [0.2, 0.25) is 0 Å². The fourth-order valence-electron chi connectivity index (χ4n) is 2.20. The van der Waals surface area contributed by atoms with Gasteiger partial charge in [0.25, 0.3) is 0 Å². The van der Waals surface area contributed by atoms with E-state index in [1.165, 1.54) is 9.58 Å². The number of carboxylic acids is 1. The molecule has 0 spiro atoms. The normalized spacial score (nSPS) is 14.4. The molecule has 1 N–H and O–H groups in total. The van der Waals surface area contributed by atoms with Gasteiger partial charge >= 0.3 is 11.7 Å². The molecule has 8 heteroatoms. The number of nitrogens with zero attached hydrogens (tertiary/aromatic N) is 4. The average molecular weight is 268 g/mol. The molecule has 1 aromatic rings. The number of carboxylic acid groups (broad SMARTS) is 1. The van der Waals surface area contributed by atoms with Gasteiger partial charge in [0.05, 0.1) is 4.92 Å². The summed E-state index contributed by atoms with van der Waals surface area (Å²) in [7, 11) is 1.59. The second kappa shape index (κ2) is 4.87. The topological polar surface area (TPSA) is 102 Å². The van der Waals surface area contributed by atoms with Crippen LogP contribution in [0.1, 0.15) is 18.5 Å². The number of carbonyl (C=O) groups is 1. The van der Waals surface area contributed by atoms with E-state index < -0.39 is 10.9 Å². The molecule has 0 unspecified atom stereocenters. The van der Waals surface area contributed by atoms with Crippen molar-refractivity contribution in [2.24, 2.45) is 13.0 Å². The number of hydrogen-bond donors (Lipinski definition) is 1. The van der Waals surface area contributed by atoms with E-state index in [1.807, 2.05) is 0 Å². The largest absolute Gasteiger partial charge is 0.480 e. The van der Waals surface area contributed by atoms with Crippen molar-refractivity contribution in [2.75, 3.05) is 18.0 Å². The van der Waals surface area contributed by atoms with Gasteiger partial charge in [-0.15, -0.1) is 0 Å². The zero-order valence-electron chi connectivity index (χ0n) is 10.9. The molecule has 1 fully saturated rings. The van der Waals surface area contributed by atoms with Crippen molar-refractivity contribution < 1.29 is 14.8 Å². The summed E-state index contributed by atoms with van der Waals surface area (Å²) >= 11 is 0. The summed E-state index contributed by atoms with van der Waals surface area (Å²) in [5.41, 5.74) is 0.193. The van der Waals surface area contributed by atoms with Gasteiger partial charge in [-0.2, -0.15) is 5.10 Å². The molecule has 1 heterocycles. The van der Waals surface area contributed by atoms with E-state index in [0.29, 0.717) is 18.2 Å². The van der Waals surface area contributed by atoms with Gasteiger partial charge < -0.3 is 10.0 Å². The quantitative estimate of drug-likeness (QED) is 0.608. The molecule has 0 aromatic carbocycles. The third kappa shape index (κ3) is 2.83. The monoisotopic (exact) mass is 268 g/mol. The van der Waals surface area contributed by atoms with Crippen LogP contribution in [0.3, 0.4) is 0 Å². The lowest BCUT2D eigenvalue weighted by Crippen LogP contribution is -2.33. The van der Waals surface area contributed by atoms with Gasteiger partial charge in [-0.1, -0.05) is 0 Å². The number of aromatic nitrogens is 2. The van der Waals surface area contributed by atoms with Crippen molar-refractivity contribution >= 4 is 17.5 Å². The Morgan fingerprint density at radius 2 is 2.26 bits per heavy atom. The minimum absolute atomic E-state index is 0.107. The minimum atomic E-state index is -1.01. The van der Waals surface area contributed by atoms with E-state index >= 15 is 0 Å². The number of anilines is 1. The van der Waals surface area contributed by atoms with E-state index in [0.717, 1.165) is 12.8 Å². The molecule has 1 aliphatic carbocycles. The van der Waals surface area contributed by atoms with Gasteiger partial charge in [0.1, 0.15) is 12.2 Å². The minimum Gasteiger partial charge on any atom is -0.480 e. The summed E-state index contributed by atoms with van der Waals surface area (Å²) in [5.74, 6) is -0.306. The number of aliphatic carboxylic acids is 1. The van der Waals surface area contributed by atoms with Crippen molar-refractivity contribution in [3.8, 4) is 0 Å². The van der Waals surface area contributed by atoms with Crippen LogP contribution >= 0.6 is 0 Å². The van der Waals surface area contributed by atoms with Crippen LogP contribution < -0.4 is 4.90 Å². The Bertz CT molecular complexity index is 521. The maximum Gasteiger partial charge on any atom is 0.333 e. The molecule has 2 rings (SSSR count). The van der Waals surface area contributed by atoms with Gasteiger partial charge in [-0.3, -0.25) is 14.9 Å². The van der Waals surface area contributed by atoms with E-state index in [2.05, 4.69) is 5.10 Å². The fraction of sp³-hybridized carbons (Fsp3) is 0.636. The zero-order chi connectivity index (χ0) is 14.2. The third-order valence-corrected chi connectivity index (χ3v) is 3.14. The van der Waals surface area contributed by atoms with Gasteiger partial charge in [0.15, 0.2) is 0 Å². The highest BCUT2D eigenvalue weighted by atomic mass is 16.6. The Kier molecular flexibility index (Phi) is 3.41. The van der Waals surface area contributed by atoms with E-state index in [1.54, 1.807) is 14.0 Å². The predicted octanol–water partition coefficient (Wildman–Crippen LogP) is 0.938. The van der Waals surface area contributed by atoms with Crippen LogP contribution in [0.4, 0.5) is 11.5 Å². The molecule has 19 heavy (non-hydrogen) atoms. The molecule has 104 valence electrons. The molecule has 1 aliphatic rings. The second-order valence-electron chi connectivity index (χ2n) is 4.86. The van der Waals surface area contributed by atoms with Crippen LogP contribution in [0, 0.1) is 23.0 Å². The van der Waals surface area contributed by atoms with Gasteiger partial charge in [-0.05, 0) is 25.7 Å². The fourth-order valence-corrected chi connectivity index (χ4v) is 2.20. The molecular weight excluding hydrogens is 252 g/mol. The first-order valence-electron chi connectivity index (χ1n) is 6.05. The summed E-state index contributed by atoms with van der Waals surface area (Å²) in [4.78, 5) is 23.1. The lowest BCUT2D eigenvalue weighted by atomic mass is 10.3. The predicted molar refractivity (Wildman–Crippen MR) is 67.2 cm³/mol. The zero-order valence-corrected chi connectivity index (χ0v) is 10.9. The van der Waals surface area contributed by atoms with Crippen LogP contribution in [0.15, 0.2) is 0 Å². The number of nitro groups is 1. The first-order chi connectivity index (χ1) is 8.90. The molecule has 0 amide bonds. The Balaban J connectivity index is 2.38. The van der Waals surface area contributed by atoms with Crippen LogP contribution in [0.25, 0.3) is 0 Å². The van der Waals surface area contributed by atoms with E-state index in [4.69, 9.17) is 5.11 Å². The summed E-state index contributed by atoms with van der Waals surface area (Å²) in [6.45, 7) is 1.82. The van der Waals surface area contributed by atoms with Gasteiger partial charge in [0, 0.05) is 13.6 Å². The Morgan fingerprint density at radius 3 is 2.74 bits per heavy atom.